The molecular weight excluding hydrogens is 250 g/mol. The largest absolute Gasteiger partial charge is 0.425 e. The van der Waals surface area contributed by atoms with Crippen LogP contribution in [0.5, 0.6) is 0 Å². The van der Waals surface area contributed by atoms with Gasteiger partial charge in [-0.3, -0.25) is 0 Å². The van der Waals surface area contributed by atoms with Crippen LogP contribution in [-0.2, 0) is 12.8 Å². The molecule has 4 heteroatoms. The third kappa shape index (κ3) is 1.86. The van der Waals surface area contributed by atoms with E-state index in [0.29, 0.717) is 24.3 Å². The highest BCUT2D eigenvalue weighted by molar-refractivity contribution is 5.42. The Labute approximate surface area is 118 Å². The second-order valence-corrected chi connectivity index (χ2v) is 5.88. The van der Waals surface area contributed by atoms with E-state index in [-0.39, 0.29) is 0 Å². The van der Waals surface area contributed by atoms with Gasteiger partial charge in [0.15, 0.2) is 0 Å². The Hall–Kier alpha value is -1.68. The molecule has 0 radical (unpaired) electrons. The van der Waals surface area contributed by atoms with Crippen molar-refractivity contribution in [3.05, 3.63) is 47.2 Å². The van der Waals surface area contributed by atoms with Crippen LogP contribution in [0, 0.1) is 5.92 Å². The molecule has 1 saturated carbocycles. The minimum absolute atomic E-state index is 0.442. The van der Waals surface area contributed by atoms with Crippen LogP contribution in [-0.4, -0.2) is 16.7 Å². The van der Waals surface area contributed by atoms with Crippen molar-refractivity contribution in [2.75, 3.05) is 6.54 Å². The molecule has 2 aliphatic carbocycles. The lowest BCUT2D eigenvalue weighted by Gasteiger charge is -2.13. The molecule has 1 aromatic carbocycles. The fraction of sp³-hybridized carbons (Fsp3) is 0.500. The van der Waals surface area contributed by atoms with Gasteiger partial charge in [0.1, 0.15) is 0 Å². The highest BCUT2D eigenvalue weighted by Crippen LogP contribution is 2.64. The number of nitrogens with two attached hydrogens (primary N) is 1. The Morgan fingerprint density at radius 1 is 1.20 bits per heavy atom. The number of nitrogens with zero attached hydrogens (tertiary/aromatic N) is 2. The summed E-state index contributed by atoms with van der Waals surface area (Å²) in [5, 5.41) is 8.43. The minimum atomic E-state index is 0.442. The topological polar surface area (TPSA) is 64.9 Å². The van der Waals surface area contributed by atoms with Gasteiger partial charge < -0.3 is 10.2 Å². The smallest absolute Gasteiger partial charge is 0.220 e. The van der Waals surface area contributed by atoms with Gasteiger partial charge in [0.05, 0.1) is 0 Å². The lowest BCUT2D eigenvalue weighted by atomic mass is 9.92. The summed E-state index contributed by atoms with van der Waals surface area (Å²) in [4.78, 5) is 0. The molecule has 0 amide bonds. The number of aromatic nitrogens is 2. The molecule has 3 unspecified atom stereocenters. The quantitative estimate of drug-likeness (QED) is 0.925. The summed E-state index contributed by atoms with van der Waals surface area (Å²) in [6.45, 7) is 0.666. The van der Waals surface area contributed by atoms with E-state index in [1.165, 1.54) is 24.0 Å². The van der Waals surface area contributed by atoms with Crippen molar-refractivity contribution >= 4 is 0 Å². The standard InChI is InChI=1S/C16H19N3O/c17-9-3-6-13-18-19-16(20-13)15-12-8-7-10-4-1-2-5-11(10)14(12)15/h1-2,4-5,12,14-15H,3,6-9,17H2. The average Bonchev–Trinajstić information content (AvgIpc) is 3.06. The molecule has 104 valence electrons. The molecule has 20 heavy (non-hydrogen) atoms. The van der Waals surface area contributed by atoms with Crippen LogP contribution in [0.2, 0.25) is 0 Å². The Balaban J connectivity index is 1.56. The lowest BCUT2D eigenvalue weighted by Crippen LogP contribution is -2.00. The van der Waals surface area contributed by atoms with E-state index in [0.717, 1.165) is 24.6 Å². The maximum Gasteiger partial charge on any atom is 0.220 e. The predicted octanol–water partition coefficient (Wildman–Crippen LogP) is 2.40. The number of fused-ring (bicyclic) bond motifs is 3. The molecule has 2 N–H and O–H groups in total. The summed E-state index contributed by atoms with van der Waals surface area (Å²) in [5.41, 5.74) is 8.51. The van der Waals surface area contributed by atoms with Crippen LogP contribution >= 0.6 is 0 Å². The molecule has 0 spiro atoms. The maximum atomic E-state index is 5.84. The fourth-order valence-electron chi connectivity index (χ4n) is 3.66. The first-order valence-corrected chi connectivity index (χ1v) is 7.48. The van der Waals surface area contributed by atoms with Crippen LogP contribution in [0.4, 0.5) is 0 Å². The molecule has 1 aromatic heterocycles. The van der Waals surface area contributed by atoms with Gasteiger partial charge in [-0.15, -0.1) is 10.2 Å². The second-order valence-electron chi connectivity index (χ2n) is 5.88. The first-order valence-electron chi connectivity index (χ1n) is 7.48. The number of hydrogen-bond donors (Lipinski definition) is 1. The Morgan fingerprint density at radius 2 is 2.10 bits per heavy atom. The molecule has 0 aliphatic heterocycles. The van der Waals surface area contributed by atoms with Crippen LogP contribution in [0.25, 0.3) is 0 Å². The van der Waals surface area contributed by atoms with Crippen molar-refractivity contribution in [2.45, 2.75) is 37.5 Å². The van der Waals surface area contributed by atoms with Crippen LogP contribution in [0.3, 0.4) is 0 Å². The van der Waals surface area contributed by atoms with E-state index in [1.54, 1.807) is 0 Å². The Bertz CT molecular complexity index is 622. The Kier molecular flexibility index (Phi) is 2.84. The normalized spacial score (nSPS) is 26.9. The van der Waals surface area contributed by atoms with Crippen molar-refractivity contribution in [3.63, 3.8) is 0 Å². The van der Waals surface area contributed by atoms with Gasteiger partial charge >= 0.3 is 0 Å². The number of rotatable bonds is 4. The number of benzene rings is 1. The maximum absolute atomic E-state index is 5.84. The first kappa shape index (κ1) is 12.1. The zero-order valence-corrected chi connectivity index (χ0v) is 11.5. The third-order valence-electron chi connectivity index (χ3n) is 4.69. The van der Waals surface area contributed by atoms with Gasteiger partial charge in [-0.05, 0) is 48.8 Å². The molecule has 1 fully saturated rings. The van der Waals surface area contributed by atoms with Gasteiger partial charge in [0.2, 0.25) is 11.8 Å². The van der Waals surface area contributed by atoms with E-state index >= 15 is 0 Å². The summed E-state index contributed by atoms with van der Waals surface area (Å²) in [5.74, 6) is 3.32. The molecule has 2 aliphatic rings. The van der Waals surface area contributed by atoms with Crippen LogP contribution in [0.1, 0.15) is 47.6 Å². The summed E-state index contributed by atoms with van der Waals surface area (Å²) in [6, 6.07) is 8.78. The molecular formula is C16H19N3O. The monoisotopic (exact) mass is 269 g/mol. The second kappa shape index (κ2) is 4.70. The van der Waals surface area contributed by atoms with E-state index in [4.69, 9.17) is 10.2 Å². The molecule has 3 atom stereocenters. The van der Waals surface area contributed by atoms with Gasteiger partial charge in [-0.25, -0.2) is 0 Å². The fourth-order valence-corrected chi connectivity index (χ4v) is 3.66. The van der Waals surface area contributed by atoms with Gasteiger partial charge in [-0.1, -0.05) is 24.3 Å². The number of aryl methyl sites for hydroxylation is 2. The van der Waals surface area contributed by atoms with Crippen molar-refractivity contribution in [1.82, 2.24) is 10.2 Å². The molecule has 2 aromatic rings. The summed E-state index contributed by atoms with van der Waals surface area (Å²) in [7, 11) is 0. The molecule has 0 bridgehead atoms. The number of hydrogen-bond acceptors (Lipinski definition) is 4. The highest BCUT2D eigenvalue weighted by Gasteiger charge is 2.56. The van der Waals surface area contributed by atoms with E-state index in [2.05, 4.69) is 34.5 Å². The van der Waals surface area contributed by atoms with Crippen molar-refractivity contribution < 1.29 is 4.42 Å². The summed E-state index contributed by atoms with van der Waals surface area (Å²) in [6.07, 6.45) is 4.12. The van der Waals surface area contributed by atoms with Gasteiger partial charge in [0.25, 0.3) is 0 Å². The first-order chi connectivity index (χ1) is 9.88. The van der Waals surface area contributed by atoms with Gasteiger partial charge in [0, 0.05) is 12.3 Å². The molecule has 4 rings (SSSR count). The lowest BCUT2D eigenvalue weighted by molar-refractivity contribution is 0.439. The summed E-state index contributed by atoms with van der Waals surface area (Å²) >= 11 is 0. The van der Waals surface area contributed by atoms with E-state index < -0.39 is 0 Å². The zero-order valence-electron chi connectivity index (χ0n) is 11.5. The molecule has 4 nitrogen and oxygen atoms in total. The SMILES string of the molecule is NCCCc1nnc(C2C3CCc4ccccc4C32)o1. The van der Waals surface area contributed by atoms with Crippen molar-refractivity contribution in [1.29, 1.82) is 0 Å². The van der Waals surface area contributed by atoms with E-state index in [9.17, 15) is 0 Å². The van der Waals surface area contributed by atoms with Crippen LogP contribution in [0.15, 0.2) is 28.7 Å². The minimum Gasteiger partial charge on any atom is -0.425 e. The van der Waals surface area contributed by atoms with Crippen LogP contribution < -0.4 is 5.73 Å². The Morgan fingerprint density at radius 3 is 3.00 bits per heavy atom. The van der Waals surface area contributed by atoms with Crippen molar-refractivity contribution in [2.24, 2.45) is 11.7 Å². The highest BCUT2D eigenvalue weighted by atomic mass is 16.4. The third-order valence-corrected chi connectivity index (χ3v) is 4.69. The summed E-state index contributed by atoms with van der Waals surface area (Å²) < 4.78 is 5.84. The van der Waals surface area contributed by atoms with Crippen molar-refractivity contribution in [3.8, 4) is 0 Å². The van der Waals surface area contributed by atoms with E-state index in [1.807, 2.05) is 0 Å². The predicted molar refractivity (Wildman–Crippen MR) is 75.4 cm³/mol. The molecule has 1 heterocycles. The average molecular weight is 269 g/mol. The molecule has 0 saturated heterocycles. The van der Waals surface area contributed by atoms with Gasteiger partial charge in [-0.2, -0.15) is 0 Å². The zero-order chi connectivity index (χ0) is 13.5.